The maximum absolute atomic E-state index is 13.1. The van der Waals surface area contributed by atoms with Crippen LogP contribution in [0.25, 0.3) is 21.8 Å². The molecule has 6 heteroatoms. The predicted molar refractivity (Wildman–Crippen MR) is 129 cm³/mol. The molecule has 0 saturated carbocycles. The van der Waals surface area contributed by atoms with E-state index in [4.69, 9.17) is 4.98 Å². The van der Waals surface area contributed by atoms with Crippen molar-refractivity contribution in [3.63, 3.8) is 0 Å². The van der Waals surface area contributed by atoms with Crippen LogP contribution >= 0.6 is 11.3 Å². The lowest BCUT2D eigenvalue weighted by Crippen LogP contribution is -2.23. The lowest BCUT2D eigenvalue weighted by molar-refractivity contribution is 0.0827. The normalized spacial score (nSPS) is 10.6. The molecular weight excluding hydrogens is 418 g/mol. The maximum atomic E-state index is 13.1. The van der Waals surface area contributed by atoms with E-state index in [1.165, 1.54) is 16.2 Å². The van der Waals surface area contributed by atoms with Crippen LogP contribution < -0.4 is 5.32 Å². The summed E-state index contributed by atoms with van der Waals surface area (Å²) in [5.41, 5.74) is 4.10. The number of thiazole rings is 1. The molecule has 2 amide bonds. The number of nitrogens with one attached hydrogen (secondary N) is 1. The minimum Gasteiger partial charge on any atom is -0.347 e. The highest BCUT2D eigenvalue weighted by Gasteiger charge is 2.20. The zero-order valence-corrected chi connectivity index (χ0v) is 18.7. The molecule has 0 bridgehead atoms. The summed E-state index contributed by atoms with van der Waals surface area (Å²) in [6.45, 7) is 0.363. The van der Waals surface area contributed by atoms with Gasteiger partial charge >= 0.3 is 0 Å². The van der Waals surface area contributed by atoms with E-state index in [9.17, 15) is 9.59 Å². The topological polar surface area (TPSA) is 62.3 Å². The van der Waals surface area contributed by atoms with E-state index in [0.29, 0.717) is 22.7 Å². The molecule has 0 aliphatic carbocycles. The van der Waals surface area contributed by atoms with Crippen molar-refractivity contribution >= 4 is 23.2 Å². The lowest BCUT2D eigenvalue weighted by Gasteiger charge is -2.11. The average Bonchev–Trinajstić information content (AvgIpc) is 3.29. The molecule has 5 nitrogen and oxygen atoms in total. The third-order valence-corrected chi connectivity index (χ3v) is 6.06. The van der Waals surface area contributed by atoms with Crippen LogP contribution in [0.4, 0.5) is 0 Å². The Hall–Kier alpha value is -3.77. The van der Waals surface area contributed by atoms with Gasteiger partial charge in [0, 0.05) is 37.3 Å². The molecule has 0 radical (unpaired) electrons. The molecule has 4 rings (SSSR count). The van der Waals surface area contributed by atoms with Gasteiger partial charge in [-0.3, -0.25) is 9.59 Å². The van der Waals surface area contributed by atoms with Crippen LogP contribution in [0, 0.1) is 0 Å². The molecule has 0 fully saturated rings. The quantitative estimate of drug-likeness (QED) is 0.452. The number of aromatic nitrogens is 1. The number of nitrogens with zero attached hydrogens (tertiary/aromatic N) is 2. The van der Waals surface area contributed by atoms with E-state index in [1.807, 2.05) is 72.8 Å². The van der Waals surface area contributed by atoms with Gasteiger partial charge in [0.15, 0.2) is 0 Å². The van der Waals surface area contributed by atoms with Crippen molar-refractivity contribution < 1.29 is 9.59 Å². The molecule has 1 N–H and O–H groups in total. The molecule has 0 spiro atoms. The lowest BCUT2D eigenvalue weighted by atomic mass is 10.1. The van der Waals surface area contributed by atoms with Crippen LogP contribution in [-0.2, 0) is 6.54 Å². The highest BCUT2D eigenvalue weighted by atomic mass is 32.1. The second-order valence-corrected chi connectivity index (χ2v) is 8.51. The van der Waals surface area contributed by atoms with Crippen LogP contribution in [0.3, 0.4) is 0 Å². The number of carbonyl (C=O) groups excluding carboxylic acids is 2. The Balaban J connectivity index is 1.56. The summed E-state index contributed by atoms with van der Waals surface area (Å²) >= 11 is 1.39. The molecule has 160 valence electrons. The molecule has 3 aromatic carbocycles. The van der Waals surface area contributed by atoms with Crippen molar-refractivity contribution in [1.29, 1.82) is 0 Å². The van der Waals surface area contributed by atoms with Crippen molar-refractivity contribution in [1.82, 2.24) is 15.2 Å². The van der Waals surface area contributed by atoms with Gasteiger partial charge in [-0.25, -0.2) is 4.98 Å². The smallest absolute Gasteiger partial charge is 0.263 e. The summed E-state index contributed by atoms with van der Waals surface area (Å²) in [7, 11) is 3.44. The summed E-state index contributed by atoms with van der Waals surface area (Å²) < 4.78 is 0. The number of amides is 2. The highest BCUT2D eigenvalue weighted by Crippen LogP contribution is 2.33. The van der Waals surface area contributed by atoms with Crippen LogP contribution in [0.5, 0.6) is 0 Å². The fourth-order valence-electron chi connectivity index (χ4n) is 3.26. The first-order valence-electron chi connectivity index (χ1n) is 10.2. The molecule has 32 heavy (non-hydrogen) atoms. The first kappa shape index (κ1) is 21.5. The monoisotopic (exact) mass is 441 g/mol. The molecule has 0 atom stereocenters. The molecule has 0 aliphatic heterocycles. The predicted octanol–water partition coefficient (Wildman–Crippen LogP) is 5.11. The zero-order valence-electron chi connectivity index (χ0n) is 17.9. The number of carbonyl (C=O) groups is 2. The molecule has 4 aromatic rings. The van der Waals surface area contributed by atoms with Crippen molar-refractivity contribution in [2.75, 3.05) is 14.1 Å². The maximum Gasteiger partial charge on any atom is 0.263 e. The fourth-order valence-corrected chi connectivity index (χ4v) is 4.27. The summed E-state index contributed by atoms with van der Waals surface area (Å²) in [6.07, 6.45) is 0. The Morgan fingerprint density at radius 3 is 2.03 bits per heavy atom. The van der Waals surface area contributed by atoms with E-state index in [-0.39, 0.29) is 11.8 Å². The Morgan fingerprint density at radius 2 is 1.44 bits per heavy atom. The van der Waals surface area contributed by atoms with Crippen LogP contribution in [0.2, 0.25) is 0 Å². The molecule has 0 unspecified atom stereocenters. The van der Waals surface area contributed by atoms with E-state index in [0.717, 1.165) is 21.7 Å². The summed E-state index contributed by atoms with van der Waals surface area (Å²) in [6, 6.07) is 26.9. The van der Waals surface area contributed by atoms with Gasteiger partial charge in [0.2, 0.25) is 0 Å². The molecule has 1 heterocycles. The molecular formula is C26H23N3O2S. The van der Waals surface area contributed by atoms with Gasteiger partial charge in [-0.1, -0.05) is 72.8 Å². The molecule has 0 saturated heterocycles. The number of benzene rings is 3. The Morgan fingerprint density at radius 1 is 0.844 bits per heavy atom. The second-order valence-electron chi connectivity index (χ2n) is 7.51. The number of hydrogen-bond donors (Lipinski definition) is 1. The second kappa shape index (κ2) is 9.58. The van der Waals surface area contributed by atoms with Crippen molar-refractivity contribution in [3.8, 4) is 21.8 Å². The van der Waals surface area contributed by atoms with Gasteiger partial charge in [-0.2, -0.15) is 0 Å². The van der Waals surface area contributed by atoms with Gasteiger partial charge in [0.05, 0.1) is 5.69 Å². The summed E-state index contributed by atoms with van der Waals surface area (Å²) in [4.78, 5) is 32.1. The summed E-state index contributed by atoms with van der Waals surface area (Å²) in [5.74, 6) is -0.219. The standard InChI is InChI=1S/C26H23N3O2S/c1-29(2)26(31)21-15-13-18(14-16-21)17-27-24(30)23-22(19-9-5-3-6-10-19)28-25(32-23)20-11-7-4-8-12-20/h3-16H,17H2,1-2H3,(H,27,30). The average molecular weight is 442 g/mol. The Bertz CT molecular complexity index is 1220. The van der Waals surface area contributed by atoms with Gasteiger partial charge < -0.3 is 10.2 Å². The van der Waals surface area contributed by atoms with E-state index in [2.05, 4.69) is 5.32 Å². The van der Waals surface area contributed by atoms with E-state index < -0.39 is 0 Å². The Kier molecular flexibility index (Phi) is 6.42. The van der Waals surface area contributed by atoms with Crippen molar-refractivity contribution in [2.45, 2.75) is 6.54 Å². The van der Waals surface area contributed by atoms with Gasteiger partial charge in [0.25, 0.3) is 11.8 Å². The van der Waals surface area contributed by atoms with Crippen molar-refractivity contribution in [3.05, 3.63) is 101 Å². The zero-order chi connectivity index (χ0) is 22.5. The van der Waals surface area contributed by atoms with Crippen LogP contribution in [0.15, 0.2) is 84.9 Å². The minimum absolute atomic E-state index is 0.0498. The minimum atomic E-state index is -0.169. The molecule has 1 aromatic heterocycles. The number of rotatable bonds is 6. The van der Waals surface area contributed by atoms with Gasteiger partial charge in [0.1, 0.15) is 9.88 Å². The third kappa shape index (κ3) is 4.76. The van der Waals surface area contributed by atoms with Crippen LogP contribution in [0.1, 0.15) is 25.6 Å². The third-order valence-electron chi connectivity index (χ3n) is 4.96. The number of hydrogen-bond acceptors (Lipinski definition) is 4. The van der Waals surface area contributed by atoms with Crippen LogP contribution in [-0.4, -0.2) is 35.8 Å². The van der Waals surface area contributed by atoms with Crippen molar-refractivity contribution in [2.24, 2.45) is 0 Å². The fraction of sp³-hybridized carbons (Fsp3) is 0.115. The SMILES string of the molecule is CN(C)C(=O)c1ccc(CNC(=O)c2sc(-c3ccccc3)nc2-c2ccccc2)cc1. The first-order valence-corrected chi connectivity index (χ1v) is 11.0. The molecule has 0 aliphatic rings. The first-order chi connectivity index (χ1) is 15.5. The van der Waals surface area contributed by atoms with Gasteiger partial charge in [-0.15, -0.1) is 11.3 Å². The van der Waals surface area contributed by atoms with E-state index >= 15 is 0 Å². The largest absolute Gasteiger partial charge is 0.347 e. The highest BCUT2D eigenvalue weighted by molar-refractivity contribution is 7.17. The van der Waals surface area contributed by atoms with E-state index in [1.54, 1.807) is 26.2 Å². The Labute approximate surface area is 191 Å². The van der Waals surface area contributed by atoms with Gasteiger partial charge in [-0.05, 0) is 17.7 Å². The summed E-state index contributed by atoms with van der Waals surface area (Å²) in [5, 5.41) is 3.80.